The van der Waals surface area contributed by atoms with Crippen molar-refractivity contribution in [3.63, 3.8) is 0 Å². The van der Waals surface area contributed by atoms with Gasteiger partial charge in [0.05, 0.1) is 6.61 Å². The molecule has 0 aromatic heterocycles. The fourth-order valence-electron chi connectivity index (χ4n) is 1.77. The molecule has 0 radical (unpaired) electrons. The van der Waals surface area contributed by atoms with E-state index in [4.69, 9.17) is 16.3 Å². The molecule has 0 fully saturated rings. The Hall–Kier alpha value is -1.03. The fourth-order valence-corrected chi connectivity index (χ4v) is 2.36. The lowest BCUT2D eigenvalue weighted by molar-refractivity contribution is 0.276. The van der Waals surface area contributed by atoms with Crippen LogP contribution in [-0.4, -0.2) is 5.11 Å². The highest BCUT2D eigenvalue weighted by molar-refractivity contribution is 9.10. The Labute approximate surface area is 126 Å². The lowest BCUT2D eigenvalue weighted by Crippen LogP contribution is -1.93. The van der Waals surface area contributed by atoms with Crippen LogP contribution in [0, 0.1) is 0 Å². The predicted molar refractivity (Wildman–Crippen MR) is 81.0 cm³/mol. The van der Waals surface area contributed by atoms with E-state index >= 15 is 0 Å². The molecule has 0 bridgehead atoms. The summed E-state index contributed by atoms with van der Waals surface area (Å²) < 4.78 is 6.74. The smallest absolute Gasteiger partial charge is 0.134 e. The summed E-state index contributed by atoms with van der Waals surface area (Å²) in [5.41, 5.74) is 1.79. The highest BCUT2D eigenvalue weighted by atomic mass is 79.9. The maximum atomic E-state index is 9.32. The van der Waals surface area contributed by atoms with Gasteiger partial charge in [-0.3, -0.25) is 0 Å². The van der Waals surface area contributed by atoms with E-state index in [2.05, 4.69) is 15.9 Å². The van der Waals surface area contributed by atoms with E-state index in [1.807, 2.05) is 43.3 Å². The number of benzene rings is 2. The lowest BCUT2D eigenvalue weighted by Gasteiger charge is -2.11. The lowest BCUT2D eigenvalue weighted by atomic mass is 10.1. The second-order valence-electron chi connectivity index (χ2n) is 4.12. The van der Waals surface area contributed by atoms with Crippen LogP contribution in [0.1, 0.15) is 18.1 Å². The number of hydrogen-bond acceptors (Lipinski definition) is 2. The minimum atomic E-state index is -0.0587. The van der Waals surface area contributed by atoms with Crippen LogP contribution in [-0.2, 0) is 13.0 Å². The summed E-state index contributed by atoms with van der Waals surface area (Å²) in [5, 5.41) is 10.1. The van der Waals surface area contributed by atoms with Crippen LogP contribution in [0.5, 0.6) is 11.5 Å². The summed E-state index contributed by atoms with van der Waals surface area (Å²) in [6.45, 7) is 1.99. The van der Waals surface area contributed by atoms with Crippen LogP contribution >= 0.6 is 27.5 Å². The van der Waals surface area contributed by atoms with Gasteiger partial charge in [-0.1, -0.05) is 40.5 Å². The standard InChI is InChI=1S/C15H14BrClO2/c1-2-10-7-13(5-6-14(10)17)19-15-8-12(16)4-3-11(15)9-18/h3-8,18H,2,9H2,1H3. The number of ether oxygens (including phenoxy) is 1. The second-order valence-corrected chi connectivity index (χ2v) is 5.44. The van der Waals surface area contributed by atoms with Crippen molar-refractivity contribution in [2.24, 2.45) is 0 Å². The SMILES string of the molecule is CCc1cc(Oc2cc(Br)ccc2CO)ccc1Cl. The minimum Gasteiger partial charge on any atom is -0.457 e. The Morgan fingerprint density at radius 3 is 2.63 bits per heavy atom. The molecule has 0 saturated heterocycles. The zero-order chi connectivity index (χ0) is 13.8. The third-order valence-electron chi connectivity index (χ3n) is 2.83. The number of aliphatic hydroxyl groups is 1. The van der Waals surface area contributed by atoms with Gasteiger partial charge in [0.25, 0.3) is 0 Å². The first kappa shape index (κ1) is 14.4. The van der Waals surface area contributed by atoms with Gasteiger partial charge in [-0.2, -0.15) is 0 Å². The molecule has 2 aromatic rings. The summed E-state index contributed by atoms with van der Waals surface area (Å²) in [6.07, 6.45) is 0.849. The van der Waals surface area contributed by atoms with Crippen molar-refractivity contribution in [1.29, 1.82) is 0 Å². The van der Waals surface area contributed by atoms with Crippen molar-refractivity contribution in [3.8, 4) is 11.5 Å². The van der Waals surface area contributed by atoms with Crippen LogP contribution in [0.4, 0.5) is 0 Å². The van der Waals surface area contributed by atoms with Gasteiger partial charge < -0.3 is 9.84 Å². The molecule has 0 spiro atoms. The van der Waals surface area contributed by atoms with Gasteiger partial charge in [-0.25, -0.2) is 0 Å². The molecule has 0 saturated carbocycles. The molecule has 0 heterocycles. The summed E-state index contributed by atoms with van der Waals surface area (Å²) in [5.74, 6) is 1.36. The van der Waals surface area contributed by atoms with E-state index < -0.39 is 0 Å². The number of aliphatic hydroxyl groups excluding tert-OH is 1. The first-order valence-corrected chi connectivity index (χ1v) is 7.16. The second kappa shape index (κ2) is 6.42. The molecule has 0 aliphatic carbocycles. The van der Waals surface area contributed by atoms with E-state index in [0.29, 0.717) is 11.5 Å². The molecule has 2 aromatic carbocycles. The number of hydrogen-bond donors (Lipinski definition) is 1. The largest absolute Gasteiger partial charge is 0.457 e. The molecule has 4 heteroatoms. The summed E-state index contributed by atoms with van der Waals surface area (Å²) in [4.78, 5) is 0. The number of halogens is 2. The Bertz CT molecular complexity index is 584. The average Bonchev–Trinajstić information content (AvgIpc) is 2.41. The van der Waals surface area contributed by atoms with Gasteiger partial charge in [-0.05, 0) is 42.3 Å². The van der Waals surface area contributed by atoms with Gasteiger partial charge in [0.1, 0.15) is 11.5 Å². The van der Waals surface area contributed by atoms with Crippen LogP contribution in [0.25, 0.3) is 0 Å². The maximum Gasteiger partial charge on any atom is 0.134 e. The van der Waals surface area contributed by atoms with Gasteiger partial charge in [0, 0.05) is 15.1 Å². The molecule has 1 N–H and O–H groups in total. The maximum absolute atomic E-state index is 9.32. The van der Waals surface area contributed by atoms with Crippen LogP contribution < -0.4 is 4.74 Å². The first-order valence-electron chi connectivity index (χ1n) is 5.99. The number of aryl methyl sites for hydroxylation is 1. The molecule has 0 unspecified atom stereocenters. The van der Waals surface area contributed by atoms with Crippen molar-refractivity contribution in [3.05, 3.63) is 57.0 Å². The summed E-state index contributed by atoms with van der Waals surface area (Å²) in [6, 6.07) is 11.1. The van der Waals surface area contributed by atoms with Crippen molar-refractivity contribution in [1.82, 2.24) is 0 Å². The van der Waals surface area contributed by atoms with Crippen LogP contribution in [0.3, 0.4) is 0 Å². The third kappa shape index (κ3) is 3.50. The molecular formula is C15H14BrClO2. The fraction of sp³-hybridized carbons (Fsp3) is 0.200. The highest BCUT2D eigenvalue weighted by Gasteiger charge is 2.07. The topological polar surface area (TPSA) is 29.5 Å². The van der Waals surface area contributed by atoms with Crippen LogP contribution in [0.2, 0.25) is 5.02 Å². The molecule has 0 aliphatic rings. The highest BCUT2D eigenvalue weighted by Crippen LogP contribution is 2.31. The Morgan fingerprint density at radius 1 is 1.16 bits per heavy atom. The Balaban J connectivity index is 2.33. The van der Waals surface area contributed by atoms with Crippen LogP contribution in [0.15, 0.2) is 40.9 Å². The van der Waals surface area contributed by atoms with E-state index in [1.165, 1.54) is 0 Å². The van der Waals surface area contributed by atoms with E-state index in [1.54, 1.807) is 0 Å². The zero-order valence-corrected chi connectivity index (χ0v) is 12.8. The predicted octanol–water partition coefficient (Wildman–Crippen LogP) is 4.95. The molecule has 2 rings (SSSR count). The summed E-state index contributed by atoms with van der Waals surface area (Å²) in [7, 11) is 0. The molecule has 0 aliphatic heterocycles. The minimum absolute atomic E-state index is 0.0587. The molecule has 100 valence electrons. The van der Waals surface area contributed by atoms with Gasteiger partial charge in [0.2, 0.25) is 0 Å². The van der Waals surface area contributed by atoms with Gasteiger partial charge in [-0.15, -0.1) is 0 Å². The van der Waals surface area contributed by atoms with Gasteiger partial charge in [0.15, 0.2) is 0 Å². The molecule has 19 heavy (non-hydrogen) atoms. The third-order valence-corrected chi connectivity index (χ3v) is 3.69. The van der Waals surface area contributed by atoms with E-state index in [0.717, 1.165) is 27.0 Å². The molecule has 2 nitrogen and oxygen atoms in total. The normalized spacial score (nSPS) is 10.5. The Kier molecular flexibility index (Phi) is 4.86. The Morgan fingerprint density at radius 2 is 1.95 bits per heavy atom. The van der Waals surface area contributed by atoms with Gasteiger partial charge >= 0.3 is 0 Å². The monoisotopic (exact) mass is 340 g/mol. The van der Waals surface area contributed by atoms with Crippen molar-refractivity contribution in [2.45, 2.75) is 20.0 Å². The molecule has 0 amide bonds. The number of rotatable bonds is 4. The van der Waals surface area contributed by atoms with E-state index in [-0.39, 0.29) is 6.61 Å². The van der Waals surface area contributed by atoms with Crippen molar-refractivity contribution < 1.29 is 9.84 Å². The van der Waals surface area contributed by atoms with Crippen molar-refractivity contribution >= 4 is 27.5 Å². The zero-order valence-electron chi connectivity index (χ0n) is 10.5. The first-order chi connectivity index (χ1) is 9.13. The molecular weight excluding hydrogens is 328 g/mol. The summed E-state index contributed by atoms with van der Waals surface area (Å²) >= 11 is 9.48. The van der Waals surface area contributed by atoms with Crippen molar-refractivity contribution in [2.75, 3.05) is 0 Å². The quantitative estimate of drug-likeness (QED) is 0.852. The molecule has 0 atom stereocenters. The average molecular weight is 342 g/mol. The van der Waals surface area contributed by atoms with E-state index in [9.17, 15) is 5.11 Å².